The number of phosphoric acid groups is 1. The number of phosphoric ester groups is 1. The Labute approximate surface area is 154 Å². The summed E-state index contributed by atoms with van der Waals surface area (Å²) in [6, 6.07) is 0. The first kappa shape index (κ1) is 20.4. The van der Waals surface area contributed by atoms with Crippen molar-refractivity contribution in [3.05, 3.63) is 20.5 Å². The number of aromatic amines is 1. The van der Waals surface area contributed by atoms with E-state index in [0.29, 0.717) is 3.83 Å². The topological polar surface area (TPSA) is 169 Å². The molecule has 2 atom stereocenters. The molecular weight excluding hydrogens is 474 g/mol. The van der Waals surface area contributed by atoms with Crippen LogP contribution in [0.25, 0.3) is 11.2 Å². The van der Waals surface area contributed by atoms with Gasteiger partial charge in [-0.15, -0.1) is 0 Å². The molecule has 0 unspecified atom stereocenters. The minimum atomic E-state index is -4.68. The second-order valence-electron chi connectivity index (χ2n) is 4.82. The number of aliphatic hydroxyl groups is 1. The molecule has 0 radical (unpaired) electrons. The fraction of sp³-hybridized carbons (Fsp3) is 0.545. The van der Waals surface area contributed by atoms with Crippen molar-refractivity contribution < 1.29 is 33.5 Å². The number of hydrogen-bond donors (Lipinski definition) is 4. The Morgan fingerprint density at radius 3 is 2.76 bits per heavy atom. The molecule has 0 aliphatic rings. The van der Waals surface area contributed by atoms with Crippen LogP contribution >= 0.6 is 30.4 Å². The van der Waals surface area contributed by atoms with Crippen LogP contribution in [0.15, 0.2) is 11.1 Å². The van der Waals surface area contributed by atoms with Crippen molar-refractivity contribution in [2.45, 2.75) is 12.3 Å². The number of rotatable bonds is 9. The first-order chi connectivity index (χ1) is 11.7. The third-order valence-electron chi connectivity index (χ3n) is 3.00. The molecule has 0 amide bonds. The first-order valence-electron chi connectivity index (χ1n) is 6.83. The van der Waals surface area contributed by atoms with Gasteiger partial charge in [0.2, 0.25) is 0 Å². The molecule has 2 aromatic heterocycles. The zero-order chi connectivity index (χ0) is 18.6. The quantitative estimate of drug-likeness (QED) is 0.202. The number of aromatic nitrogens is 4. The summed E-state index contributed by atoms with van der Waals surface area (Å²) in [6.45, 7) is -1.02. The van der Waals surface area contributed by atoms with Crippen molar-refractivity contribution >= 4 is 41.6 Å². The molecule has 0 saturated carbocycles. The van der Waals surface area contributed by atoms with Gasteiger partial charge in [-0.25, -0.2) is 14.5 Å². The van der Waals surface area contributed by atoms with E-state index >= 15 is 0 Å². The second-order valence-corrected chi connectivity index (χ2v) is 7.08. The Bertz CT molecular complexity index is 820. The van der Waals surface area contributed by atoms with Crippen molar-refractivity contribution in [2.75, 3.05) is 26.9 Å². The Hall–Kier alpha value is -0.930. The lowest BCUT2D eigenvalue weighted by atomic mass is 10.4. The van der Waals surface area contributed by atoms with Crippen LogP contribution in [0.4, 0.5) is 0 Å². The van der Waals surface area contributed by atoms with Gasteiger partial charge in [0.1, 0.15) is 6.10 Å². The second kappa shape index (κ2) is 8.64. The highest BCUT2D eigenvalue weighted by atomic mass is 127. The van der Waals surface area contributed by atoms with Crippen molar-refractivity contribution in [3.63, 3.8) is 0 Å². The lowest BCUT2D eigenvalue weighted by molar-refractivity contribution is -0.114. The van der Waals surface area contributed by atoms with Gasteiger partial charge in [-0.2, -0.15) is 0 Å². The maximum absolute atomic E-state index is 11.9. The van der Waals surface area contributed by atoms with Gasteiger partial charge in [-0.3, -0.25) is 18.9 Å². The highest BCUT2D eigenvalue weighted by Crippen LogP contribution is 2.36. The van der Waals surface area contributed by atoms with Crippen molar-refractivity contribution in [3.8, 4) is 0 Å². The first-order valence-corrected chi connectivity index (χ1v) is 9.43. The molecule has 0 bridgehead atoms. The smallest absolute Gasteiger partial charge is 0.392 e. The monoisotopic (exact) mass is 490 g/mol. The number of ether oxygens (including phenoxy) is 2. The number of methoxy groups -OCH3 is 1. The summed E-state index contributed by atoms with van der Waals surface area (Å²) >= 11 is 1.83. The number of hydrogen-bond acceptors (Lipinski definition) is 8. The van der Waals surface area contributed by atoms with E-state index in [9.17, 15) is 14.5 Å². The van der Waals surface area contributed by atoms with Gasteiger partial charge in [-0.05, 0) is 22.6 Å². The predicted molar refractivity (Wildman–Crippen MR) is 91.7 cm³/mol. The summed E-state index contributed by atoms with van der Waals surface area (Å²) in [5.74, 6) is 0. The lowest BCUT2D eigenvalue weighted by Crippen LogP contribution is -2.30. The Kier molecular flexibility index (Phi) is 7.04. The summed E-state index contributed by atoms with van der Waals surface area (Å²) in [5, 5.41) is 9.62. The molecule has 0 aromatic carbocycles. The average molecular weight is 490 g/mol. The van der Waals surface area contributed by atoms with E-state index in [1.165, 1.54) is 18.0 Å². The largest absolute Gasteiger partial charge is 0.469 e. The molecule has 14 heteroatoms. The predicted octanol–water partition coefficient (Wildman–Crippen LogP) is -0.644. The normalized spacial score (nSPS) is 14.8. The van der Waals surface area contributed by atoms with Crippen LogP contribution in [0.1, 0.15) is 6.23 Å². The van der Waals surface area contributed by atoms with Gasteiger partial charge in [0.05, 0.1) is 26.1 Å². The van der Waals surface area contributed by atoms with Gasteiger partial charge in [0.15, 0.2) is 21.2 Å². The molecule has 12 nitrogen and oxygen atoms in total. The maximum Gasteiger partial charge on any atom is 0.469 e. The summed E-state index contributed by atoms with van der Waals surface area (Å²) in [5.41, 5.74) is -0.181. The van der Waals surface area contributed by atoms with Crippen molar-refractivity contribution in [1.82, 2.24) is 19.5 Å². The van der Waals surface area contributed by atoms with Crippen LogP contribution in [0.3, 0.4) is 0 Å². The molecular formula is C11H16IN4O8P. The molecule has 4 N–H and O–H groups in total. The van der Waals surface area contributed by atoms with E-state index in [4.69, 9.17) is 19.3 Å². The number of H-pyrrole nitrogens is 1. The fourth-order valence-corrected chi connectivity index (χ4v) is 2.86. The van der Waals surface area contributed by atoms with Crippen LogP contribution in [0, 0.1) is 3.83 Å². The number of halogens is 1. The van der Waals surface area contributed by atoms with E-state index in [0.717, 1.165) is 0 Å². The molecule has 0 saturated heterocycles. The zero-order valence-corrected chi connectivity index (χ0v) is 16.0. The number of nitrogens with zero attached hydrogens (tertiary/aromatic N) is 3. The molecule has 2 rings (SSSR count). The van der Waals surface area contributed by atoms with Crippen LogP contribution in [-0.2, 0) is 18.6 Å². The molecule has 2 heterocycles. The number of imidazole rings is 1. The molecule has 0 aliphatic heterocycles. The summed E-state index contributed by atoms with van der Waals surface area (Å²) in [6.07, 6.45) is -0.638. The number of aliphatic hydroxyl groups excluding tert-OH is 1. The van der Waals surface area contributed by atoms with E-state index in [1.807, 2.05) is 22.6 Å². The highest BCUT2D eigenvalue weighted by molar-refractivity contribution is 14.1. The molecule has 2 aromatic rings. The van der Waals surface area contributed by atoms with E-state index in [1.54, 1.807) is 0 Å². The van der Waals surface area contributed by atoms with Gasteiger partial charge >= 0.3 is 7.82 Å². The van der Waals surface area contributed by atoms with Gasteiger partial charge in [-0.1, -0.05) is 0 Å². The van der Waals surface area contributed by atoms with Crippen LogP contribution in [0.2, 0.25) is 0 Å². The maximum atomic E-state index is 11.9. The summed E-state index contributed by atoms with van der Waals surface area (Å²) in [7, 11) is -3.31. The van der Waals surface area contributed by atoms with Crippen molar-refractivity contribution in [1.29, 1.82) is 0 Å². The minimum Gasteiger partial charge on any atom is -0.392 e. The van der Waals surface area contributed by atoms with Crippen LogP contribution in [0.5, 0.6) is 0 Å². The SMILES string of the molecule is COC[C@@H](COP(=O)(O)O)O[C@H](CO)n1cnc2c(=O)[nH]c(I)nc21. The Morgan fingerprint density at radius 1 is 1.44 bits per heavy atom. The fourth-order valence-electron chi connectivity index (χ4n) is 2.02. The van der Waals surface area contributed by atoms with Gasteiger partial charge in [0.25, 0.3) is 5.56 Å². The number of nitrogens with one attached hydrogen (secondary N) is 1. The molecule has 0 fully saturated rings. The van der Waals surface area contributed by atoms with Crippen LogP contribution < -0.4 is 5.56 Å². The minimum absolute atomic E-state index is 0.0469. The van der Waals surface area contributed by atoms with Gasteiger partial charge in [0, 0.05) is 7.11 Å². The average Bonchev–Trinajstić information content (AvgIpc) is 2.93. The standard InChI is InChI=1S/C11H16IN4O8P/c1-22-3-6(4-23-25(19,20)21)24-7(2-17)16-5-13-8-9(16)14-11(12)15-10(8)18/h5-7,17H,2-4H2,1H3,(H,14,15,18)(H2,19,20,21)/t6-,7+/m0/s1. The van der Waals surface area contributed by atoms with Gasteiger partial charge < -0.3 is 24.4 Å². The molecule has 140 valence electrons. The number of fused-ring (bicyclic) bond motifs is 1. The van der Waals surface area contributed by atoms with Crippen LogP contribution in [-0.4, -0.2) is 67.4 Å². The molecule has 25 heavy (non-hydrogen) atoms. The highest BCUT2D eigenvalue weighted by Gasteiger charge is 2.24. The molecule has 0 aliphatic carbocycles. The third kappa shape index (κ3) is 5.52. The Morgan fingerprint density at radius 2 is 2.16 bits per heavy atom. The molecule has 0 spiro atoms. The Balaban J connectivity index is 2.26. The van der Waals surface area contributed by atoms with E-state index in [-0.39, 0.29) is 17.8 Å². The summed E-state index contributed by atoms with van der Waals surface area (Å²) < 4.78 is 27.4. The third-order valence-corrected chi connectivity index (χ3v) is 4.00. The van der Waals surface area contributed by atoms with E-state index < -0.39 is 38.9 Å². The lowest BCUT2D eigenvalue weighted by Gasteiger charge is -2.24. The van der Waals surface area contributed by atoms with Crippen molar-refractivity contribution in [2.24, 2.45) is 0 Å². The zero-order valence-electron chi connectivity index (χ0n) is 12.9. The summed E-state index contributed by atoms with van der Waals surface area (Å²) in [4.78, 5) is 40.0. The van der Waals surface area contributed by atoms with E-state index in [2.05, 4.69) is 19.5 Å².